The Labute approximate surface area is 112 Å². The van der Waals surface area contributed by atoms with Crippen LogP contribution in [0, 0.1) is 0 Å². The van der Waals surface area contributed by atoms with Crippen molar-refractivity contribution >= 4 is 18.0 Å². The standard InChI is InChI=1S/C12H22N2O5/c1-4-6-7-9(11(16)17)13-12(18)14(3)8-10(15)19-5-2/h9H,4-8H2,1-3H3,(H,13,18)(H,16,17). The lowest BCUT2D eigenvalue weighted by molar-refractivity contribution is -0.143. The number of amides is 2. The van der Waals surface area contributed by atoms with E-state index in [1.807, 2.05) is 6.92 Å². The van der Waals surface area contributed by atoms with E-state index in [0.717, 1.165) is 11.3 Å². The van der Waals surface area contributed by atoms with Gasteiger partial charge in [-0.2, -0.15) is 0 Å². The normalized spacial score (nSPS) is 11.5. The number of nitrogens with zero attached hydrogens (tertiary/aromatic N) is 1. The summed E-state index contributed by atoms with van der Waals surface area (Å²) in [6.45, 7) is 3.64. The molecular formula is C12H22N2O5. The molecule has 0 heterocycles. The van der Waals surface area contributed by atoms with E-state index in [1.165, 1.54) is 7.05 Å². The first-order chi connectivity index (χ1) is 8.92. The number of carbonyl (C=O) groups excluding carboxylic acids is 2. The number of ether oxygens (including phenoxy) is 1. The molecular weight excluding hydrogens is 252 g/mol. The van der Waals surface area contributed by atoms with E-state index in [4.69, 9.17) is 9.84 Å². The van der Waals surface area contributed by atoms with Crippen molar-refractivity contribution in [3.05, 3.63) is 0 Å². The van der Waals surface area contributed by atoms with Gasteiger partial charge >= 0.3 is 18.0 Å². The number of hydrogen-bond acceptors (Lipinski definition) is 4. The molecule has 0 aromatic heterocycles. The summed E-state index contributed by atoms with van der Waals surface area (Å²) >= 11 is 0. The smallest absolute Gasteiger partial charge is 0.326 e. The van der Waals surface area contributed by atoms with Crippen LogP contribution in [0.3, 0.4) is 0 Å². The van der Waals surface area contributed by atoms with Gasteiger partial charge in [0.25, 0.3) is 0 Å². The molecule has 0 aromatic carbocycles. The lowest BCUT2D eigenvalue weighted by Gasteiger charge is -2.20. The molecule has 0 aliphatic rings. The molecule has 0 aliphatic heterocycles. The number of likely N-dealkylation sites (N-methyl/N-ethyl adjacent to an activating group) is 1. The van der Waals surface area contributed by atoms with E-state index in [0.29, 0.717) is 12.8 Å². The predicted molar refractivity (Wildman–Crippen MR) is 68.7 cm³/mol. The largest absolute Gasteiger partial charge is 0.480 e. The number of carboxylic acids is 1. The summed E-state index contributed by atoms with van der Waals surface area (Å²) in [5.41, 5.74) is 0. The first kappa shape index (κ1) is 17.2. The highest BCUT2D eigenvalue weighted by molar-refractivity contribution is 5.84. The fraction of sp³-hybridized carbons (Fsp3) is 0.750. The van der Waals surface area contributed by atoms with Crippen LogP contribution in [0.5, 0.6) is 0 Å². The van der Waals surface area contributed by atoms with Crippen molar-refractivity contribution in [1.82, 2.24) is 10.2 Å². The van der Waals surface area contributed by atoms with E-state index >= 15 is 0 Å². The Morgan fingerprint density at radius 2 is 1.95 bits per heavy atom. The van der Waals surface area contributed by atoms with Crippen LogP contribution in [-0.4, -0.2) is 54.2 Å². The third-order valence-corrected chi connectivity index (χ3v) is 2.46. The number of carboxylic acid groups (broad SMARTS) is 1. The van der Waals surface area contributed by atoms with Crippen molar-refractivity contribution in [3.63, 3.8) is 0 Å². The van der Waals surface area contributed by atoms with Crippen molar-refractivity contribution < 1.29 is 24.2 Å². The Balaban J connectivity index is 4.30. The van der Waals surface area contributed by atoms with Crippen LogP contribution in [0.4, 0.5) is 4.79 Å². The van der Waals surface area contributed by atoms with Gasteiger partial charge in [0.2, 0.25) is 0 Å². The number of esters is 1. The van der Waals surface area contributed by atoms with Gasteiger partial charge in [-0.1, -0.05) is 19.8 Å². The van der Waals surface area contributed by atoms with Crippen molar-refractivity contribution in [2.24, 2.45) is 0 Å². The van der Waals surface area contributed by atoms with Gasteiger partial charge in [-0.3, -0.25) is 4.79 Å². The highest BCUT2D eigenvalue weighted by Crippen LogP contribution is 2.02. The molecule has 0 radical (unpaired) electrons. The maximum atomic E-state index is 11.7. The molecule has 0 saturated heterocycles. The molecule has 0 rings (SSSR count). The Morgan fingerprint density at radius 1 is 1.32 bits per heavy atom. The fourth-order valence-electron chi connectivity index (χ4n) is 1.40. The zero-order chi connectivity index (χ0) is 14.8. The lowest BCUT2D eigenvalue weighted by atomic mass is 10.1. The number of carbonyl (C=O) groups is 3. The average Bonchev–Trinajstić information content (AvgIpc) is 2.33. The molecule has 1 unspecified atom stereocenters. The van der Waals surface area contributed by atoms with Gasteiger partial charge in [0, 0.05) is 7.05 Å². The third-order valence-electron chi connectivity index (χ3n) is 2.46. The van der Waals surface area contributed by atoms with E-state index in [9.17, 15) is 14.4 Å². The Hall–Kier alpha value is -1.79. The number of rotatable bonds is 8. The quantitative estimate of drug-likeness (QED) is 0.639. The zero-order valence-electron chi connectivity index (χ0n) is 11.6. The predicted octanol–water partition coefficient (Wildman–Crippen LogP) is 0.834. The molecule has 7 heteroatoms. The monoisotopic (exact) mass is 274 g/mol. The Kier molecular flexibility index (Phi) is 8.32. The van der Waals surface area contributed by atoms with Crippen LogP contribution in [0.15, 0.2) is 0 Å². The summed E-state index contributed by atoms with van der Waals surface area (Å²) < 4.78 is 4.70. The van der Waals surface area contributed by atoms with E-state index < -0.39 is 24.0 Å². The first-order valence-electron chi connectivity index (χ1n) is 6.32. The average molecular weight is 274 g/mol. The number of urea groups is 1. The van der Waals surface area contributed by atoms with Gasteiger partial charge < -0.3 is 20.1 Å². The molecule has 0 aromatic rings. The lowest BCUT2D eigenvalue weighted by Crippen LogP contribution is -2.48. The number of aliphatic carboxylic acids is 1. The van der Waals surface area contributed by atoms with Gasteiger partial charge in [-0.05, 0) is 13.3 Å². The second-order valence-corrected chi connectivity index (χ2v) is 4.14. The molecule has 0 bridgehead atoms. The summed E-state index contributed by atoms with van der Waals surface area (Å²) in [7, 11) is 1.41. The van der Waals surface area contributed by atoms with E-state index in [1.54, 1.807) is 6.92 Å². The van der Waals surface area contributed by atoms with Gasteiger partial charge in [-0.15, -0.1) is 0 Å². The van der Waals surface area contributed by atoms with Gasteiger partial charge in [-0.25, -0.2) is 9.59 Å². The van der Waals surface area contributed by atoms with Crippen molar-refractivity contribution in [1.29, 1.82) is 0 Å². The van der Waals surface area contributed by atoms with Crippen LogP contribution in [-0.2, 0) is 14.3 Å². The van der Waals surface area contributed by atoms with Crippen molar-refractivity contribution in [3.8, 4) is 0 Å². The van der Waals surface area contributed by atoms with Crippen molar-refractivity contribution in [2.45, 2.75) is 39.2 Å². The summed E-state index contributed by atoms with van der Waals surface area (Å²) in [5, 5.41) is 11.3. The molecule has 0 fully saturated rings. The van der Waals surface area contributed by atoms with Crippen molar-refractivity contribution in [2.75, 3.05) is 20.2 Å². The molecule has 0 aliphatic carbocycles. The minimum atomic E-state index is -1.08. The molecule has 19 heavy (non-hydrogen) atoms. The number of unbranched alkanes of at least 4 members (excludes halogenated alkanes) is 1. The molecule has 2 amide bonds. The number of hydrogen-bond donors (Lipinski definition) is 2. The molecule has 110 valence electrons. The van der Waals surface area contributed by atoms with Crippen LogP contribution in [0.1, 0.15) is 33.1 Å². The van der Waals surface area contributed by atoms with E-state index in [2.05, 4.69) is 5.32 Å². The topological polar surface area (TPSA) is 95.9 Å². The SMILES string of the molecule is CCCCC(NC(=O)N(C)CC(=O)OCC)C(=O)O. The maximum Gasteiger partial charge on any atom is 0.326 e. The summed E-state index contributed by atoms with van der Waals surface area (Å²) in [6.07, 6.45) is 1.92. The molecule has 0 saturated carbocycles. The Bertz CT molecular complexity index is 319. The summed E-state index contributed by atoms with van der Waals surface area (Å²) in [5.74, 6) is -1.60. The number of nitrogens with one attached hydrogen (secondary N) is 1. The highest BCUT2D eigenvalue weighted by Gasteiger charge is 2.22. The second-order valence-electron chi connectivity index (χ2n) is 4.14. The van der Waals surface area contributed by atoms with Gasteiger partial charge in [0.1, 0.15) is 12.6 Å². The van der Waals surface area contributed by atoms with Crippen LogP contribution < -0.4 is 5.32 Å². The zero-order valence-corrected chi connectivity index (χ0v) is 11.6. The third kappa shape index (κ3) is 7.28. The van der Waals surface area contributed by atoms with Crippen LogP contribution in [0.2, 0.25) is 0 Å². The summed E-state index contributed by atoms with van der Waals surface area (Å²) in [4.78, 5) is 35.0. The van der Waals surface area contributed by atoms with Crippen LogP contribution >= 0.6 is 0 Å². The van der Waals surface area contributed by atoms with E-state index in [-0.39, 0.29) is 13.2 Å². The minimum Gasteiger partial charge on any atom is -0.480 e. The van der Waals surface area contributed by atoms with Crippen LogP contribution in [0.25, 0.3) is 0 Å². The highest BCUT2D eigenvalue weighted by atomic mass is 16.5. The maximum absolute atomic E-state index is 11.7. The molecule has 0 spiro atoms. The van der Waals surface area contributed by atoms with Gasteiger partial charge in [0.05, 0.1) is 6.61 Å². The second kappa shape index (κ2) is 9.18. The molecule has 7 nitrogen and oxygen atoms in total. The minimum absolute atomic E-state index is 0.209. The summed E-state index contributed by atoms with van der Waals surface area (Å²) in [6, 6.07) is -1.53. The molecule has 2 N–H and O–H groups in total. The molecule has 1 atom stereocenters. The van der Waals surface area contributed by atoms with Gasteiger partial charge in [0.15, 0.2) is 0 Å². The fourth-order valence-corrected chi connectivity index (χ4v) is 1.40. The first-order valence-corrected chi connectivity index (χ1v) is 6.32. The Morgan fingerprint density at radius 3 is 2.42 bits per heavy atom.